The molecule has 7 heteroatoms. The average molecular weight is 511 g/mol. The molecule has 2 bridgehead atoms. The van der Waals surface area contributed by atoms with Gasteiger partial charge in [0.15, 0.2) is 10.2 Å². The fourth-order valence-corrected chi connectivity index (χ4v) is 6.25. The molecule has 35 heavy (non-hydrogen) atoms. The molecule has 0 amide bonds. The Balaban J connectivity index is 1.30. The van der Waals surface area contributed by atoms with Crippen molar-refractivity contribution in [3.63, 3.8) is 0 Å². The smallest absolute Gasteiger partial charge is 0.173 e. The molecule has 0 spiro atoms. The number of hydrogen-bond donors (Lipinski definition) is 3. The molecular weight excluding hydrogens is 472 g/mol. The van der Waals surface area contributed by atoms with E-state index in [1.807, 2.05) is 60.7 Å². The van der Waals surface area contributed by atoms with E-state index in [-0.39, 0.29) is 5.41 Å². The lowest BCUT2D eigenvalue weighted by Crippen LogP contribution is -2.44. The molecule has 5 nitrogen and oxygen atoms in total. The molecule has 2 aliphatic rings. The lowest BCUT2D eigenvalue weighted by Gasteiger charge is -2.39. The minimum absolute atomic E-state index is 0.266. The van der Waals surface area contributed by atoms with Crippen molar-refractivity contribution in [2.24, 2.45) is 16.7 Å². The van der Waals surface area contributed by atoms with E-state index >= 15 is 0 Å². The summed E-state index contributed by atoms with van der Waals surface area (Å²) >= 11 is 11.3. The molecule has 0 aliphatic heterocycles. The van der Waals surface area contributed by atoms with E-state index in [0.29, 0.717) is 41.4 Å². The maximum atomic E-state index is 6.53. The van der Waals surface area contributed by atoms with Gasteiger partial charge in [-0.25, -0.2) is 0 Å². The molecule has 0 saturated heterocycles. The topological polar surface area (TPSA) is 48.6 Å². The molecule has 0 heterocycles. The first-order valence-corrected chi connectivity index (χ1v) is 13.4. The zero-order valence-electron chi connectivity index (χ0n) is 21.0. The van der Waals surface area contributed by atoms with E-state index in [4.69, 9.17) is 29.2 Å². The molecule has 2 aliphatic carbocycles. The third kappa shape index (κ3) is 5.96. The van der Waals surface area contributed by atoms with Crippen LogP contribution >= 0.6 is 24.4 Å². The number of anilines is 2. The van der Waals surface area contributed by atoms with Crippen LogP contribution in [0.15, 0.2) is 60.7 Å². The number of nitrogens with zero attached hydrogens (tertiary/aromatic N) is 1. The van der Waals surface area contributed by atoms with Gasteiger partial charge < -0.3 is 25.6 Å². The largest absolute Gasteiger partial charge is 0.376 e. The minimum atomic E-state index is 0.266. The Morgan fingerprint density at radius 1 is 0.943 bits per heavy atom. The summed E-state index contributed by atoms with van der Waals surface area (Å²) in [6.07, 6.45) is 4.11. The van der Waals surface area contributed by atoms with Crippen LogP contribution in [0.2, 0.25) is 0 Å². The third-order valence-corrected chi connectivity index (χ3v) is 9.01. The van der Waals surface area contributed by atoms with Crippen LogP contribution < -0.4 is 16.0 Å². The highest BCUT2D eigenvalue weighted by molar-refractivity contribution is 7.80. The predicted octanol–water partition coefficient (Wildman–Crippen LogP) is 5.90. The quantitative estimate of drug-likeness (QED) is 0.363. The van der Waals surface area contributed by atoms with Crippen molar-refractivity contribution in [2.45, 2.75) is 46.1 Å². The van der Waals surface area contributed by atoms with Crippen molar-refractivity contribution in [2.75, 3.05) is 36.9 Å². The molecule has 0 aromatic heterocycles. The number of para-hydroxylation sites is 2. The lowest BCUT2D eigenvalue weighted by molar-refractivity contribution is -0.0486. The maximum Gasteiger partial charge on any atom is 0.173 e. The third-order valence-electron chi connectivity index (χ3n) is 8.41. The summed E-state index contributed by atoms with van der Waals surface area (Å²) in [6, 6.07) is 20.0. The normalized spacial score (nSPS) is 24.1. The number of fused-ring (bicyclic) bond motifs is 2. The standard InChI is InChI=1S/C28H38N4OS2/c1-27(2)21-14-15-28(27,3)24(20-21)33-19-18-32(26(35)31-23-12-8-5-9-13-23)17-16-29-25(34)30-22-10-6-4-7-11-22/h4-13,21,24H,14-20H2,1-3H3,(H,31,35)(H2,29,30,34)/t21-,24-,28+/m0/s1. The highest BCUT2D eigenvalue weighted by atomic mass is 32.1. The zero-order chi connectivity index (χ0) is 24.9. The number of rotatable bonds is 9. The molecule has 188 valence electrons. The Kier molecular flexibility index (Phi) is 8.30. The summed E-state index contributed by atoms with van der Waals surface area (Å²) in [6.45, 7) is 10.1. The summed E-state index contributed by atoms with van der Waals surface area (Å²) < 4.78 is 6.53. The van der Waals surface area contributed by atoms with Gasteiger partial charge in [0, 0.05) is 31.0 Å². The Bertz CT molecular complexity index is 1000. The molecule has 2 aromatic rings. The van der Waals surface area contributed by atoms with Crippen LogP contribution in [0.3, 0.4) is 0 Å². The molecule has 0 radical (unpaired) electrons. The van der Waals surface area contributed by atoms with Gasteiger partial charge in [-0.1, -0.05) is 57.2 Å². The zero-order valence-corrected chi connectivity index (χ0v) is 22.7. The molecule has 2 aromatic carbocycles. The van der Waals surface area contributed by atoms with E-state index < -0.39 is 0 Å². The van der Waals surface area contributed by atoms with Crippen molar-refractivity contribution in [1.82, 2.24) is 10.2 Å². The van der Waals surface area contributed by atoms with Gasteiger partial charge in [0.2, 0.25) is 0 Å². The van der Waals surface area contributed by atoms with Gasteiger partial charge in [0.25, 0.3) is 0 Å². The lowest BCUT2D eigenvalue weighted by atomic mass is 9.70. The van der Waals surface area contributed by atoms with Crippen LogP contribution in [0.25, 0.3) is 0 Å². The first kappa shape index (κ1) is 25.9. The maximum absolute atomic E-state index is 6.53. The Labute approximate surface area is 221 Å². The summed E-state index contributed by atoms with van der Waals surface area (Å²) in [7, 11) is 0. The molecule has 3 atom stereocenters. The van der Waals surface area contributed by atoms with Crippen LogP contribution in [-0.4, -0.2) is 47.5 Å². The van der Waals surface area contributed by atoms with Crippen LogP contribution in [0, 0.1) is 16.7 Å². The molecule has 2 fully saturated rings. The monoisotopic (exact) mass is 510 g/mol. The average Bonchev–Trinajstić information content (AvgIpc) is 3.18. The summed E-state index contributed by atoms with van der Waals surface area (Å²) in [5.74, 6) is 0.775. The van der Waals surface area contributed by atoms with Gasteiger partial charge in [-0.3, -0.25) is 0 Å². The first-order valence-electron chi connectivity index (χ1n) is 12.6. The van der Waals surface area contributed by atoms with Crippen molar-refractivity contribution in [1.29, 1.82) is 0 Å². The summed E-state index contributed by atoms with van der Waals surface area (Å²) in [5, 5.41) is 11.2. The summed E-state index contributed by atoms with van der Waals surface area (Å²) in [5.41, 5.74) is 2.58. The minimum Gasteiger partial charge on any atom is -0.376 e. The van der Waals surface area contributed by atoms with Crippen LogP contribution in [0.1, 0.15) is 40.0 Å². The van der Waals surface area contributed by atoms with E-state index in [1.165, 1.54) is 19.3 Å². The summed E-state index contributed by atoms with van der Waals surface area (Å²) in [4.78, 5) is 2.17. The molecule has 0 unspecified atom stereocenters. The highest BCUT2D eigenvalue weighted by Gasteiger charge is 2.61. The number of nitrogens with one attached hydrogen (secondary N) is 3. The second-order valence-electron chi connectivity index (χ2n) is 10.5. The first-order chi connectivity index (χ1) is 16.8. The van der Waals surface area contributed by atoms with Crippen molar-refractivity contribution in [3.05, 3.63) is 60.7 Å². The highest BCUT2D eigenvalue weighted by Crippen LogP contribution is 2.66. The van der Waals surface area contributed by atoms with E-state index in [0.717, 1.165) is 23.8 Å². The number of hydrogen-bond acceptors (Lipinski definition) is 3. The van der Waals surface area contributed by atoms with Crippen molar-refractivity contribution < 1.29 is 4.74 Å². The predicted molar refractivity (Wildman–Crippen MR) is 154 cm³/mol. The van der Waals surface area contributed by atoms with Gasteiger partial charge in [0.1, 0.15) is 0 Å². The van der Waals surface area contributed by atoms with Crippen LogP contribution in [-0.2, 0) is 4.74 Å². The van der Waals surface area contributed by atoms with Gasteiger partial charge in [-0.2, -0.15) is 0 Å². The fraction of sp³-hybridized carbons (Fsp3) is 0.500. The molecule has 4 rings (SSSR count). The Morgan fingerprint density at radius 3 is 2.14 bits per heavy atom. The van der Waals surface area contributed by atoms with E-state index in [1.54, 1.807) is 0 Å². The molecular formula is C28H38N4OS2. The van der Waals surface area contributed by atoms with Crippen LogP contribution in [0.4, 0.5) is 11.4 Å². The second kappa shape index (κ2) is 11.2. The molecule has 2 saturated carbocycles. The van der Waals surface area contributed by atoms with E-state index in [2.05, 4.69) is 41.6 Å². The van der Waals surface area contributed by atoms with Gasteiger partial charge in [0.05, 0.1) is 12.7 Å². The Morgan fingerprint density at radius 2 is 1.57 bits per heavy atom. The van der Waals surface area contributed by atoms with Gasteiger partial charge >= 0.3 is 0 Å². The van der Waals surface area contributed by atoms with Crippen molar-refractivity contribution in [3.8, 4) is 0 Å². The van der Waals surface area contributed by atoms with Gasteiger partial charge in [-0.15, -0.1) is 0 Å². The molecule has 3 N–H and O–H groups in total. The van der Waals surface area contributed by atoms with Crippen LogP contribution in [0.5, 0.6) is 0 Å². The SMILES string of the molecule is CC1(C)[C@H]2CC[C@]1(C)[C@@H](OCCN(CCNC(=S)Nc1ccccc1)C(=S)Nc1ccccc1)C2. The van der Waals surface area contributed by atoms with Crippen molar-refractivity contribution >= 4 is 46.0 Å². The Hall–Kier alpha value is -2.22. The fourth-order valence-electron chi connectivity index (χ4n) is 5.73. The second-order valence-corrected chi connectivity index (χ2v) is 11.3. The number of benzene rings is 2. The number of thiocarbonyl (C=S) groups is 2. The number of ether oxygens (including phenoxy) is 1. The van der Waals surface area contributed by atoms with Gasteiger partial charge in [-0.05, 0) is 84.7 Å². The van der Waals surface area contributed by atoms with E-state index in [9.17, 15) is 0 Å².